The number of hydrogen-bond donors (Lipinski definition) is 1. The molecular formula is C17H11Br2Cl2N3O2. The summed E-state index contributed by atoms with van der Waals surface area (Å²) in [5.74, 6) is 0.121. The van der Waals surface area contributed by atoms with E-state index in [4.69, 9.17) is 27.9 Å². The van der Waals surface area contributed by atoms with Gasteiger partial charge in [-0.15, -0.1) is 5.10 Å². The molecule has 134 valence electrons. The van der Waals surface area contributed by atoms with Gasteiger partial charge in [-0.2, -0.15) is 0 Å². The Hall–Kier alpha value is -1.41. The number of phenolic OH excluding ortho intramolecular Hbond substituents is 1. The first kappa shape index (κ1) is 19.4. The summed E-state index contributed by atoms with van der Waals surface area (Å²) in [5.41, 5.74) is 2.24. The van der Waals surface area contributed by atoms with Gasteiger partial charge in [0.2, 0.25) is 0 Å². The molecule has 0 radical (unpaired) electrons. The van der Waals surface area contributed by atoms with Crippen LogP contribution in [0.5, 0.6) is 11.8 Å². The molecule has 0 amide bonds. The Balaban J connectivity index is 1.64. The van der Waals surface area contributed by atoms with E-state index in [0.29, 0.717) is 37.7 Å². The highest BCUT2D eigenvalue weighted by Gasteiger charge is 2.10. The van der Waals surface area contributed by atoms with Gasteiger partial charge in [-0.3, -0.25) is 0 Å². The van der Waals surface area contributed by atoms with Crippen molar-refractivity contribution >= 4 is 55.1 Å². The van der Waals surface area contributed by atoms with E-state index >= 15 is 0 Å². The summed E-state index contributed by atoms with van der Waals surface area (Å²) in [6.07, 6.45) is 2.15. The molecule has 1 heterocycles. The fourth-order valence-electron chi connectivity index (χ4n) is 2.15. The van der Waals surface area contributed by atoms with Gasteiger partial charge >= 0.3 is 6.01 Å². The Morgan fingerprint density at radius 1 is 1.04 bits per heavy atom. The molecule has 0 bridgehead atoms. The lowest BCUT2D eigenvalue weighted by Crippen LogP contribution is -2.05. The highest BCUT2D eigenvalue weighted by molar-refractivity contribution is 9.11. The standard InChI is InChI=1S/C17H11Br2Cl2N3O2/c18-12-5-10(6-13(19)16(12)25)15-8-22-17(24-23-15)26-4-3-9-1-2-11(20)7-14(9)21/h1-2,5-8,25H,3-4H2. The number of hydrogen-bond acceptors (Lipinski definition) is 5. The van der Waals surface area contributed by atoms with Crippen molar-refractivity contribution in [3.05, 3.63) is 61.1 Å². The lowest BCUT2D eigenvalue weighted by atomic mass is 10.1. The van der Waals surface area contributed by atoms with Gasteiger partial charge in [0.05, 0.1) is 21.7 Å². The molecule has 0 fully saturated rings. The van der Waals surface area contributed by atoms with Crippen LogP contribution < -0.4 is 4.74 Å². The molecule has 3 rings (SSSR count). The summed E-state index contributed by atoms with van der Waals surface area (Å²) in [6, 6.07) is 8.97. The van der Waals surface area contributed by atoms with Crippen LogP contribution in [-0.2, 0) is 6.42 Å². The predicted octanol–water partition coefficient (Wildman–Crippen LogP) is 5.70. The fourth-order valence-corrected chi connectivity index (χ4v) is 3.84. The minimum absolute atomic E-state index is 0.121. The van der Waals surface area contributed by atoms with Crippen LogP contribution in [-0.4, -0.2) is 26.9 Å². The Morgan fingerprint density at radius 3 is 2.38 bits per heavy atom. The number of nitrogens with zero attached hydrogens (tertiary/aromatic N) is 3. The van der Waals surface area contributed by atoms with Crippen molar-refractivity contribution in [1.82, 2.24) is 15.2 Å². The molecule has 0 spiro atoms. The number of benzene rings is 2. The van der Waals surface area contributed by atoms with E-state index in [0.717, 1.165) is 11.1 Å². The molecule has 26 heavy (non-hydrogen) atoms. The van der Waals surface area contributed by atoms with Crippen molar-refractivity contribution in [2.75, 3.05) is 6.61 Å². The van der Waals surface area contributed by atoms with E-state index in [-0.39, 0.29) is 11.8 Å². The van der Waals surface area contributed by atoms with Crippen LogP contribution in [0.15, 0.2) is 45.5 Å². The second-order valence-corrected chi connectivity index (χ2v) is 7.80. The number of aromatic nitrogens is 3. The lowest BCUT2D eigenvalue weighted by molar-refractivity contribution is 0.292. The molecule has 1 N–H and O–H groups in total. The van der Waals surface area contributed by atoms with E-state index < -0.39 is 0 Å². The minimum atomic E-state index is 0.121. The van der Waals surface area contributed by atoms with E-state index in [2.05, 4.69) is 47.0 Å². The van der Waals surface area contributed by atoms with Gasteiger partial charge in [0.15, 0.2) is 0 Å². The van der Waals surface area contributed by atoms with Crippen molar-refractivity contribution in [1.29, 1.82) is 0 Å². The third kappa shape index (κ3) is 4.65. The molecule has 0 atom stereocenters. The second-order valence-electron chi connectivity index (χ2n) is 5.25. The third-order valence-corrected chi connectivity index (χ3v) is 5.27. The highest BCUT2D eigenvalue weighted by atomic mass is 79.9. The second kappa shape index (κ2) is 8.52. The largest absolute Gasteiger partial charge is 0.506 e. The topological polar surface area (TPSA) is 68.1 Å². The van der Waals surface area contributed by atoms with Gasteiger partial charge in [-0.05, 0) is 61.7 Å². The van der Waals surface area contributed by atoms with E-state index in [9.17, 15) is 5.11 Å². The third-order valence-electron chi connectivity index (χ3n) is 3.47. The van der Waals surface area contributed by atoms with Crippen LogP contribution in [0.2, 0.25) is 10.0 Å². The maximum Gasteiger partial charge on any atom is 0.335 e. The Bertz CT molecular complexity index is 917. The maximum absolute atomic E-state index is 9.77. The van der Waals surface area contributed by atoms with Gasteiger partial charge in [0, 0.05) is 22.0 Å². The average molecular weight is 520 g/mol. The SMILES string of the molecule is Oc1c(Br)cc(-c2cnc(OCCc3ccc(Cl)cc3Cl)nn2)cc1Br. The first-order valence-corrected chi connectivity index (χ1v) is 9.73. The van der Waals surface area contributed by atoms with Gasteiger partial charge in [0.1, 0.15) is 11.4 Å². The van der Waals surface area contributed by atoms with Crippen LogP contribution in [0.25, 0.3) is 11.3 Å². The summed E-state index contributed by atoms with van der Waals surface area (Å²) in [6.45, 7) is 0.360. The molecule has 2 aromatic carbocycles. The average Bonchev–Trinajstić information content (AvgIpc) is 2.62. The minimum Gasteiger partial charge on any atom is -0.506 e. The summed E-state index contributed by atoms with van der Waals surface area (Å²) < 4.78 is 6.61. The van der Waals surface area contributed by atoms with Crippen LogP contribution in [0.3, 0.4) is 0 Å². The van der Waals surface area contributed by atoms with Crippen molar-refractivity contribution < 1.29 is 9.84 Å². The lowest BCUT2D eigenvalue weighted by Gasteiger charge is -2.07. The van der Waals surface area contributed by atoms with Gasteiger partial charge in [0.25, 0.3) is 0 Å². The van der Waals surface area contributed by atoms with Crippen LogP contribution in [0.1, 0.15) is 5.56 Å². The first-order valence-electron chi connectivity index (χ1n) is 7.39. The highest BCUT2D eigenvalue weighted by Crippen LogP contribution is 2.36. The van der Waals surface area contributed by atoms with Crippen molar-refractivity contribution in [2.45, 2.75) is 6.42 Å². The first-order chi connectivity index (χ1) is 12.4. The Labute approximate surface area is 176 Å². The van der Waals surface area contributed by atoms with E-state index in [1.165, 1.54) is 0 Å². The number of ether oxygens (including phenoxy) is 1. The van der Waals surface area contributed by atoms with E-state index in [1.54, 1.807) is 30.5 Å². The quantitative estimate of drug-likeness (QED) is 0.468. The van der Waals surface area contributed by atoms with Crippen molar-refractivity contribution in [2.24, 2.45) is 0 Å². The monoisotopic (exact) mass is 517 g/mol. The van der Waals surface area contributed by atoms with Gasteiger partial charge < -0.3 is 9.84 Å². The van der Waals surface area contributed by atoms with Crippen molar-refractivity contribution in [3.63, 3.8) is 0 Å². The Kier molecular flexibility index (Phi) is 6.34. The zero-order chi connectivity index (χ0) is 18.7. The van der Waals surface area contributed by atoms with Crippen LogP contribution in [0, 0.1) is 0 Å². The molecule has 0 aliphatic rings. The molecule has 9 heteroatoms. The molecule has 5 nitrogen and oxygen atoms in total. The molecule has 0 unspecified atom stereocenters. The van der Waals surface area contributed by atoms with Crippen LogP contribution in [0.4, 0.5) is 0 Å². The zero-order valence-electron chi connectivity index (χ0n) is 13.1. The van der Waals surface area contributed by atoms with Gasteiger partial charge in [-0.25, -0.2) is 4.98 Å². The molecule has 3 aromatic rings. The van der Waals surface area contributed by atoms with E-state index in [1.807, 2.05) is 6.07 Å². The zero-order valence-corrected chi connectivity index (χ0v) is 17.8. The normalized spacial score (nSPS) is 10.8. The molecule has 0 saturated heterocycles. The number of aromatic hydroxyl groups is 1. The number of rotatable bonds is 5. The van der Waals surface area contributed by atoms with Crippen molar-refractivity contribution in [3.8, 4) is 23.0 Å². The molecule has 0 aliphatic carbocycles. The summed E-state index contributed by atoms with van der Waals surface area (Å²) in [4.78, 5) is 4.16. The summed E-state index contributed by atoms with van der Waals surface area (Å²) in [5, 5.41) is 19.0. The Morgan fingerprint density at radius 2 is 1.77 bits per heavy atom. The molecule has 0 aliphatic heterocycles. The van der Waals surface area contributed by atoms with Crippen LogP contribution >= 0.6 is 55.1 Å². The summed E-state index contributed by atoms with van der Waals surface area (Å²) >= 11 is 18.6. The maximum atomic E-state index is 9.77. The van der Waals surface area contributed by atoms with Gasteiger partial charge in [-0.1, -0.05) is 34.4 Å². The smallest absolute Gasteiger partial charge is 0.335 e. The molecule has 1 aromatic heterocycles. The summed E-state index contributed by atoms with van der Waals surface area (Å²) in [7, 11) is 0. The number of halogens is 4. The fraction of sp³-hybridized carbons (Fsp3) is 0.118. The molecule has 0 saturated carbocycles. The molecular weight excluding hydrogens is 509 g/mol. The predicted molar refractivity (Wildman–Crippen MR) is 108 cm³/mol. The number of phenols is 1.